The highest BCUT2D eigenvalue weighted by Crippen LogP contribution is 2.25. The molecule has 0 radical (unpaired) electrons. The number of nitrogens with one attached hydrogen (secondary N) is 2. The number of carbonyl (C=O) groups excluding carboxylic acids is 3. The lowest BCUT2D eigenvalue weighted by Crippen LogP contribution is -2.30. The van der Waals surface area contributed by atoms with E-state index in [1.807, 2.05) is 41.8 Å². The van der Waals surface area contributed by atoms with Gasteiger partial charge in [0.1, 0.15) is 11.4 Å². The predicted octanol–water partition coefficient (Wildman–Crippen LogP) is 6.14. The highest BCUT2D eigenvalue weighted by molar-refractivity contribution is 8.00. The molecule has 37 heavy (non-hydrogen) atoms. The molecule has 6 nitrogen and oxygen atoms in total. The maximum absolute atomic E-state index is 13.1. The third-order valence-electron chi connectivity index (χ3n) is 5.25. The van der Waals surface area contributed by atoms with Crippen molar-refractivity contribution in [3.05, 3.63) is 118 Å². The van der Waals surface area contributed by atoms with Crippen molar-refractivity contribution in [2.75, 3.05) is 18.2 Å². The van der Waals surface area contributed by atoms with Crippen molar-refractivity contribution in [2.24, 2.45) is 0 Å². The molecule has 2 amide bonds. The van der Waals surface area contributed by atoms with Crippen molar-refractivity contribution in [2.45, 2.75) is 4.90 Å². The molecule has 1 heterocycles. The number of para-hydroxylation sites is 1. The number of rotatable bonds is 10. The van der Waals surface area contributed by atoms with E-state index in [1.54, 1.807) is 67.8 Å². The molecule has 1 aromatic heterocycles. The van der Waals surface area contributed by atoms with Gasteiger partial charge < -0.3 is 15.4 Å². The van der Waals surface area contributed by atoms with Crippen LogP contribution in [-0.2, 0) is 4.79 Å². The third-order valence-corrected chi connectivity index (χ3v) is 7.08. The summed E-state index contributed by atoms with van der Waals surface area (Å²) in [4.78, 5) is 40.1. The number of benzene rings is 3. The number of Topliss-reactive ketones (excluding diaryl/α,β-unsaturated/α-hetero) is 1. The molecule has 0 bridgehead atoms. The molecule has 0 fully saturated rings. The number of ketones is 1. The first-order valence-electron chi connectivity index (χ1n) is 11.4. The first-order chi connectivity index (χ1) is 18.0. The van der Waals surface area contributed by atoms with Gasteiger partial charge in [-0.25, -0.2) is 0 Å². The molecule has 0 aliphatic carbocycles. The maximum Gasteiger partial charge on any atom is 0.272 e. The van der Waals surface area contributed by atoms with E-state index < -0.39 is 5.91 Å². The van der Waals surface area contributed by atoms with Crippen LogP contribution in [0.3, 0.4) is 0 Å². The van der Waals surface area contributed by atoms with Gasteiger partial charge in [0.25, 0.3) is 11.8 Å². The van der Waals surface area contributed by atoms with Crippen LogP contribution in [0.2, 0.25) is 0 Å². The van der Waals surface area contributed by atoms with Crippen LogP contribution in [0.15, 0.2) is 107 Å². The molecule has 0 unspecified atom stereocenters. The minimum atomic E-state index is -0.440. The molecule has 3 aromatic carbocycles. The molecule has 2 N–H and O–H groups in total. The fraction of sp³-hybridized carbons (Fsp3) is 0.0690. The Kier molecular flexibility index (Phi) is 8.91. The lowest BCUT2D eigenvalue weighted by molar-refractivity contribution is -0.113. The second-order valence-corrected chi connectivity index (χ2v) is 9.81. The van der Waals surface area contributed by atoms with Gasteiger partial charge in [0.2, 0.25) is 0 Å². The summed E-state index contributed by atoms with van der Waals surface area (Å²) >= 11 is 2.86. The van der Waals surface area contributed by atoms with E-state index in [2.05, 4.69) is 10.6 Å². The number of methoxy groups -OCH3 is 1. The topological polar surface area (TPSA) is 84.5 Å². The molecular weight excluding hydrogens is 504 g/mol. The fourth-order valence-electron chi connectivity index (χ4n) is 3.39. The molecule has 4 rings (SSSR count). The summed E-state index contributed by atoms with van der Waals surface area (Å²) in [6, 6.07) is 26.8. The van der Waals surface area contributed by atoms with Crippen molar-refractivity contribution >= 4 is 52.5 Å². The van der Waals surface area contributed by atoms with Crippen LogP contribution in [0.25, 0.3) is 6.08 Å². The maximum atomic E-state index is 13.1. The second-order valence-electron chi connectivity index (χ2n) is 7.78. The van der Waals surface area contributed by atoms with Crippen LogP contribution in [0.1, 0.15) is 25.6 Å². The Bertz CT molecular complexity index is 1400. The van der Waals surface area contributed by atoms with Gasteiger partial charge in [-0.3, -0.25) is 14.4 Å². The summed E-state index contributed by atoms with van der Waals surface area (Å²) in [7, 11) is 1.54. The fourth-order valence-corrected chi connectivity index (χ4v) is 4.83. The molecule has 0 saturated carbocycles. The average molecular weight is 529 g/mol. The Morgan fingerprint density at radius 3 is 2.32 bits per heavy atom. The monoisotopic (exact) mass is 528 g/mol. The second kappa shape index (κ2) is 12.7. The molecule has 0 spiro atoms. The van der Waals surface area contributed by atoms with E-state index in [0.717, 1.165) is 9.77 Å². The predicted molar refractivity (Wildman–Crippen MR) is 149 cm³/mol. The van der Waals surface area contributed by atoms with Crippen molar-refractivity contribution in [1.29, 1.82) is 0 Å². The summed E-state index contributed by atoms with van der Waals surface area (Å²) in [6.45, 7) is 0. The molecule has 4 aromatic rings. The Morgan fingerprint density at radius 1 is 0.892 bits per heavy atom. The van der Waals surface area contributed by atoms with Gasteiger partial charge in [0, 0.05) is 21.0 Å². The molecule has 0 aliphatic rings. The van der Waals surface area contributed by atoms with Crippen LogP contribution in [0.4, 0.5) is 5.69 Å². The summed E-state index contributed by atoms with van der Waals surface area (Å²) in [6.07, 6.45) is 1.65. The van der Waals surface area contributed by atoms with Gasteiger partial charge in [0.15, 0.2) is 5.78 Å². The number of anilines is 1. The van der Waals surface area contributed by atoms with Gasteiger partial charge in [-0.1, -0.05) is 36.4 Å². The number of thiophene rings is 1. The number of ether oxygens (including phenoxy) is 1. The van der Waals surface area contributed by atoms with E-state index >= 15 is 0 Å². The first-order valence-corrected chi connectivity index (χ1v) is 13.2. The van der Waals surface area contributed by atoms with Gasteiger partial charge >= 0.3 is 0 Å². The smallest absolute Gasteiger partial charge is 0.272 e. The minimum absolute atomic E-state index is 0.0302. The van der Waals surface area contributed by atoms with Crippen LogP contribution < -0.4 is 15.4 Å². The Hall–Kier alpha value is -4.14. The van der Waals surface area contributed by atoms with Crippen LogP contribution >= 0.6 is 23.1 Å². The summed E-state index contributed by atoms with van der Waals surface area (Å²) in [5.74, 6) is -0.0330. The quantitative estimate of drug-likeness (QED) is 0.147. The summed E-state index contributed by atoms with van der Waals surface area (Å²) in [5, 5.41) is 7.46. The Balaban J connectivity index is 1.40. The normalized spacial score (nSPS) is 11.0. The first kappa shape index (κ1) is 25.9. The van der Waals surface area contributed by atoms with Crippen LogP contribution in [-0.4, -0.2) is 30.5 Å². The molecule has 186 valence electrons. The molecular formula is C29H24N2O4S2. The highest BCUT2D eigenvalue weighted by Gasteiger charge is 2.16. The number of thioether (sulfide) groups is 1. The van der Waals surface area contributed by atoms with Crippen LogP contribution in [0.5, 0.6) is 5.75 Å². The van der Waals surface area contributed by atoms with E-state index in [1.165, 1.54) is 23.1 Å². The molecule has 0 atom stereocenters. The Morgan fingerprint density at radius 2 is 1.62 bits per heavy atom. The van der Waals surface area contributed by atoms with E-state index in [-0.39, 0.29) is 23.1 Å². The minimum Gasteiger partial charge on any atom is -0.496 e. The molecule has 0 saturated heterocycles. The largest absolute Gasteiger partial charge is 0.496 e. The van der Waals surface area contributed by atoms with Crippen LogP contribution in [0, 0.1) is 0 Å². The third kappa shape index (κ3) is 7.19. The number of amides is 2. The highest BCUT2D eigenvalue weighted by atomic mass is 32.2. The Labute approximate surface area is 223 Å². The molecule has 0 aliphatic heterocycles. The summed E-state index contributed by atoms with van der Waals surface area (Å²) < 4.78 is 5.27. The number of carbonyl (C=O) groups is 3. The van der Waals surface area contributed by atoms with E-state index in [4.69, 9.17) is 4.74 Å². The van der Waals surface area contributed by atoms with Crippen molar-refractivity contribution in [3.8, 4) is 5.75 Å². The van der Waals surface area contributed by atoms with E-state index in [0.29, 0.717) is 22.6 Å². The van der Waals surface area contributed by atoms with Crippen molar-refractivity contribution < 1.29 is 19.1 Å². The van der Waals surface area contributed by atoms with Gasteiger partial charge in [-0.05, 0) is 66.1 Å². The molecule has 8 heteroatoms. The van der Waals surface area contributed by atoms with Crippen molar-refractivity contribution in [1.82, 2.24) is 5.32 Å². The van der Waals surface area contributed by atoms with Gasteiger partial charge in [0.05, 0.1) is 18.4 Å². The average Bonchev–Trinajstić information content (AvgIpc) is 3.45. The lowest BCUT2D eigenvalue weighted by atomic mass is 10.1. The van der Waals surface area contributed by atoms with Gasteiger partial charge in [-0.2, -0.15) is 0 Å². The van der Waals surface area contributed by atoms with Gasteiger partial charge in [-0.15, -0.1) is 23.1 Å². The lowest BCUT2D eigenvalue weighted by Gasteiger charge is -2.11. The number of hydrogen-bond donors (Lipinski definition) is 2. The summed E-state index contributed by atoms with van der Waals surface area (Å²) in [5.41, 5.74) is 1.70. The zero-order valence-corrected chi connectivity index (χ0v) is 21.6. The van der Waals surface area contributed by atoms with E-state index in [9.17, 15) is 14.4 Å². The van der Waals surface area contributed by atoms with Crippen molar-refractivity contribution in [3.63, 3.8) is 0 Å². The SMILES string of the molecule is COc1ccccc1C(=O)CSc1ccc(NC(=O)/C(=C/c2cccs2)NC(=O)c2ccccc2)cc1. The zero-order valence-electron chi connectivity index (χ0n) is 20.0. The zero-order chi connectivity index (χ0) is 26.0. The number of hydrogen-bond acceptors (Lipinski definition) is 6. The standard InChI is InChI=1S/C29H24N2O4S2/c1-35-27-12-6-5-11-24(27)26(32)19-37-22-15-13-21(14-16-22)30-29(34)25(18-23-10-7-17-36-23)31-28(33)20-8-3-2-4-9-20/h2-18H,19H2,1H3,(H,30,34)(H,31,33)/b25-18-.